The van der Waals surface area contributed by atoms with Crippen molar-refractivity contribution in [2.24, 2.45) is 0 Å². The zero-order valence-corrected chi connectivity index (χ0v) is 10.1. The number of rotatable bonds is 3. The molecule has 0 aliphatic rings. The fourth-order valence-corrected chi connectivity index (χ4v) is 1.80. The summed E-state index contributed by atoms with van der Waals surface area (Å²) < 4.78 is 4.82. The van der Waals surface area contributed by atoms with Crippen LogP contribution in [0.1, 0.15) is 12.5 Å². The summed E-state index contributed by atoms with van der Waals surface area (Å²) in [5.41, 5.74) is 0.872. The Balaban J connectivity index is 2.40. The van der Waals surface area contributed by atoms with E-state index in [1.165, 1.54) is 6.08 Å². The molecule has 0 aliphatic carbocycles. The Morgan fingerprint density at radius 3 is 2.67 bits per heavy atom. The Labute approximate surface area is 105 Å². The van der Waals surface area contributed by atoms with Crippen LogP contribution in [-0.2, 0) is 9.53 Å². The molecule has 0 saturated heterocycles. The minimum Gasteiger partial charge on any atom is -0.507 e. The molecule has 0 unspecified atom stereocenters. The zero-order valence-electron chi connectivity index (χ0n) is 10.1. The largest absolute Gasteiger partial charge is 0.507 e. The van der Waals surface area contributed by atoms with E-state index in [1.807, 2.05) is 24.3 Å². The Morgan fingerprint density at radius 2 is 1.94 bits per heavy atom. The quantitative estimate of drug-likeness (QED) is 0.664. The molecule has 3 heteroatoms. The molecular weight excluding hydrogens is 228 g/mol. The van der Waals surface area contributed by atoms with E-state index in [-0.39, 0.29) is 11.7 Å². The standard InChI is InChI=1S/C15H14O3/c1-2-18-15(17)10-8-11-7-9-14(16)13-6-4-3-5-12(11)13/h3-10,16H,2H2,1H3/b10-8+. The predicted octanol–water partition coefficient (Wildman–Crippen LogP) is 3.12. The Kier molecular flexibility index (Phi) is 3.63. The molecule has 0 saturated carbocycles. The summed E-state index contributed by atoms with van der Waals surface area (Å²) in [5, 5.41) is 11.4. The van der Waals surface area contributed by atoms with Crippen molar-refractivity contribution < 1.29 is 14.6 Å². The van der Waals surface area contributed by atoms with E-state index in [9.17, 15) is 9.90 Å². The number of hydrogen-bond donors (Lipinski definition) is 1. The van der Waals surface area contributed by atoms with Crippen LogP contribution in [0, 0.1) is 0 Å². The van der Waals surface area contributed by atoms with Crippen LogP contribution >= 0.6 is 0 Å². The van der Waals surface area contributed by atoms with Crippen LogP contribution in [0.3, 0.4) is 0 Å². The number of esters is 1. The first-order valence-corrected chi connectivity index (χ1v) is 5.78. The van der Waals surface area contributed by atoms with Crippen molar-refractivity contribution in [2.75, 3.05) is 6.61 Å². The third-order valence-corrected chi connectivity index (χ3v) is 2.62. The molecule has 0 radical (unpaired) electrons. The van der Waals surface area contributed by atoms with Gasteiger partial charge in [-0.3, -0.25) is 0 Å². The molecule has 2 rings (SSSR count). The molecule has 0 heterocycles. The van der Waals surface area contributed by atoms with Crippen molar-refractivity contribution in [3.05, 3.63) is 48.0 Å². The summed E-state index contributed by atoms with van der Waals surface area (Å²) in [7, 11) is 0. The van der Waals surface area contributed by atoms with Gasteiger partial charge in [-0.05, 0) is 30.0 Å². The molecular formula is C15H14O3. The lowest BCUT2D eigenvalue weighted by atomic mass is 10.0. The Hall–Kier alpha value is -2.29. The number of fused-ring (bicyclic) bond motifs is 1. The summed E-state index contributed by atoms with van der Waals surface area (Å²) in [5.74, 6) is -0.131. The molecule has 0 aliphatic heterocycles. The predicted molar refractivity (Wildman–Crippen MR) is 71.3 cm³/mol. The number of hydrogen-bond acceptors (Lipinski definition) is 3. The smallest absolute Gasteiger partial charge is 0.330 e. The summed E-state index contributed by atoms with van der Waals surface area (Å²) in [4.78, 5) is 11.3. The highest BCUT2D eigenvalue weighted by atomic mass is 16.5. The first kappa shape index (κ1) is 12.2. The fourth-order valence-electron chi connectivity index (χ4n) is 1.80. The molecule has 0 fully saturated rings. The highest BCUT2D eigenvalue weighted by Gasteiger charge is 2.03. The van der Waals surface area contributed by atoms with Gasteiger partial charge in [0.1, 0.15) is 5.75 Å². The van der Waals surface area contributed by atoms with E-state index in [1.54, 1.807) is 25.1 Å². The van der Waals surface area contributed by atoms with E-state index >= 15 is 0 Å². The monoisotopic (exact) mass is 242 g/mol. The molecule has 18 heavy (non-hydrogen) atoms. The first-order chi connectivity index (χ1) is 8.72. The van der Waals surface area contributed by atoms with Gasteiger partial charge in [-0.25, -0.2) is 4.79 Å². The topological polar surface area (TPSA) is 46.5 Å². The molecule has 92 valence electrons. The van der Waals surface area contributed by atoms with Crippen LogP contribution in [0.2, 0.25) is 0 Å². The summed E-state index contributed by atoms with van der Waals surface area (Å²) >= 11 is 0. The maximum absolute atomic E-state index is 11.3. The minimum absolute atomic E-state index is 0.235. The van der Waals surface area contributed by atoms with Gasteiger partial charge in [-0.15, -0.1) is 0 Å². The third-order valence-electron chi connectivity index (χ3n) is 2.62. The summed E-state index contributed by atoms with van der Waals surface area (Å²) in [6, 6.07) is 10.9. The highest BCUT2D eigenvalue weighted by Crippen LogP contribution is 2.27. The van der Waals surface area contributed by atoms with Gasteiger partial charge in [0.25, 0.3) is 0 Å². The zero-order chi connectivity index (χ0) is 13.0. The van der Waals surface area contributed by atoms with Crippen LogP contribution in [0.25, 0.3) is 16.8 Å². The van der Waals surface area contributed by atoms with Crippen molar-refractivity contribution in [1.82, 2.24) is 0 Å². The van der Waals surface area contributed by atoms with Crippen molar-refractivity contribution >= 4 is 22.8 Å². The normalized spacial score (nSPS) is 10.9. The van der Waals surface area contributed by atoms with Gasteiger partial charge < -0.3 is 9.84 Å². The SMILES string of the molecule is CCOC(=O)/C=C/c1ccc(O)c2ccccc12. The van der Waals surface area contributed by atoms with Gasteiger partial charge in [0, 0.05) is 11.5 Å². The van der Waals surface area contributed by atoms with Crippen LogP contribution in [-0.4, -0.2) is 17.7 Å². The van der Waals surface area contributed by atoms with Crippen molar-refractivity contribution in [1.29, 1.82) is 0 Å². The molecule has 0 atom stereocenters. The van der Waals surface area contributed by atoms with E-state index in [0.29, 0.717) is 6.61 Å². The summed E-state index contributed by atoms with van der Waals surface area (Å²) in [6.07, 6.45) is 3.09. The molecule has 0 aromatic heterocycles. The number of carbonyl (C=O) groups is 1. The second-order valence-electron chi connectivity index (χ2n) is 3.80. The average Bonchev–Trinajstić information content (AvgIpc) is 2.39. The van der Waals surface area contributed by atoms with Crippen molar-refractivity contribution in [3.8, 4) is 5.75 Å². The number of aromatic hydroxyl groups is 1. The number of carbonyl (C=O) groups excluding carboxylic acids is 1. The molecule has 2 aromatic rings. The number of ether oxygens (including phenoxy) is 1. The van der Waals surface area contributed by atoms with Gasteiger partial charge in [0.05, 0.1) is 6.61 Å². The van der Waals surface area contributed by atoms with E-state index in [2.05, 4.69) is 0 Å². The lowest BCUT2D eigenvalue weighted by molar-refractivity contribution is -0.137. The average molecular weight is 242 g/mol. The lowest BCUT2D eigenvalue weighted by Gasteiger charge is -2.04. The van der Waals surface area contributed by atoms with Gasteiger partial charge in [0.15, 0.2) is 0 Å². The van der Waals surface area contributed by atoms with Crippen LogP contribution in [0.5, 0.6) is 5.75 Å². The fraction of sp³-hybridized carbons (Fsp3) is 0.133. The van der Waals surface area contributed by atoms with Crippen molar-refractivity contribution in [3.63, 3.8) is 0 Å². The molecule has 0 bridgehead atoms. The molecule has 0 spiro atoms. The van der Waals surface area contributed by atoms with E-state index in [4.69, 9.17) is 4.74 Å². The van der Waals surface area contributed by atoms with Crippen LogP contribution in [0.4, 0.5) is 0 Å². The highest BCUT2D eigenvalue weighted by molar-refractivity contribution is 5.97. The van der Waals surface area contributed by atoms with Gasteiger partial charge >= 0.3 is 5.97 Å². The lowest BCUT2D eigenvalue weighted by Crippen LogP contribution is -1.98. The third kappa shape index (κ3) is 2.51. The van der Waals surface area contributed by atoms with E-state index < -0.39 is 0 Å². The van der Waals surface area contributed by atoms with Gasteiger partial charge in [0.2, 0.25) is 0 Å². The Bertz CT molecular complexity index is 600. The second kappa shape index (κ2) is 5.36. The first-order valence-electron chi connectivity index (χ1n) is 5.78. The summed E-state index contributed by atoms with van der Waals surface area (Å²) in [6.45, 7) is 2.13. The molecule has 1 N–H and O–H groups in total. The van der Waals surface area contributed by atoms with E-state index in [0.717, 1.165) is 16.3 Å². The van der Waals surface area contributed by atoms with Gasteiger partial charge in [-0.2, -0.15) is 0 Å². The molecule has 0 amide bonds. The number of benzene rings is 2. The Morgan fingerprint density at radius 1 is 1.22 bits per heavy atom. The van der Waals surface area contributed by atoms with Crippen LogP contribution < -0.4 is 0 Å². The maximum Gasteiger partial charge on any atom is 0.330 e. The van der Waals surface area contributed by atoms with Crippen molar-refractivity contribution in [2.45, 2.75) is 6.92 Å². The molecule has 2 aromatic carbocycles. The number of phenols is 1. The second-order valence-corrected chi connectivity index (χ2v) is 3.80. The van der Waals surface area contributed by atoms with Crippen LogP contribution in [0.15, 0.2) is 42.5 Å². The van der Waals surface area contributed by atoms with Gasteiger partial charge in [-0.1, -0.05) is 30.3 Å². The number of phenolic OH excluding ortho intramolecular Hbond substituents is 1. The maximum atomic E-state index is 11.3. The molecule has 3 nitrogen and oxygen atoms in total. The minimum atomic E-state index is -0.366.